The highest BCUT2D eigenvalue weighted by molar-refractivity contribution is 6.00. The normalized spacial score (nSPS) is 11.4. The lowest BCUT2D eigenvalue weighted by Crippen LogP contribution is -2.20. The molecule has 1 N–H and O–H groups in total. The Hall–Kier alpha value is -1.42. The van der Waals surface area contributed by atoms with Gasteiger partial charge in [0.25, 0.3) is 0 Å². The Bertz CT molecular complexity index is 410. The summed E-state index contributed by atoms with van der Waals surface area (Å²) in [6.07, 6.45) is 0. The van der Waals surface area contributed by atoms with Crippen molar-refractivity contribution in [3.05, 3.63) is 29.3 Å². The van der Waals surface area contributed by atoms with Gasteiger partial charge in [-0.05, 0) is 38.6 Å². The number of hydrogen-bond acceptors (Lipinski definition) is 3. The van der Waals surface area contributed by atoms with Gasteiger partial charge in [0, 0.05) is 0 Å². The van der Waals surface area contributed by atoms with Gasteiger partial charge < -0.3 is 10.1 Å². The number of benzene rings is 1. The van der Waals surface area contributed by atoms with Gasteiger partial charge in [-0.25, -0.2) is 4.39 Å². The highest BCUT2D eigenvalue weighted by Crippen LogP contribution is 2.29. The number of carbonyl (C=O) groups is 1. The maximum absolute atomic E-state index is 13.8. The molecule has 0 radical (unpaired) electrons. The fraction of sp³-hybridized carbons (Fsp3) is 0.462. The van der Waals surface area contributed by atoms with Crippen molar-refractivity contribution >= 4 is 5.78 Å². The molecule has 0 unspecified atom stereocenters. The molecule has 94 valence electrons. The number of ketones is 1. The lowest BCUT2D eigenvalue weighted by atomic mass is 9.96. The van der Waals surface area contributed by atoms with Crippen molar-refractivity contribution in [3.8, 4) is 5.75 Å². The van der Waals surface area contributed by atoms with E-state index < -0.39 is 5.67 Å². The van der Waals surface area contributed by atoms with Crippen LogP contribution in [0.4, 0.5) is 4.39 Å². The topological polar surface area (TPSA) is 38.3 Å². The second kappa shape index (κ2) is 5.27. The molecular formula is C13H18FNO2. The predicted molar refractivity (Wildman–Crippen MR) is 65.4 cm³/mol. The lowest BCUT2D eigenvalue weighted by molar-refractivity contribution is 0.0990. The minimum absolute atomic E-state index is 0.115. The van der Waals surface area contributed by atoms with Crippen LogP contribution in [-0.4, -0.2) is 26.5 Å². The molecule has 0 bridgehead atoms. The highest BCUT2D eigenvalue weighted by Gasteiger charge is 2.22. The first-order chi connectivity index (χ1) is 7.90. The Morgan fingerprint density at radius 1 is 1.47 bits per heavy atom. The molecule has 3 nitrogen and oxygen atoms in total. The van der Waals surface area contributed by atoms with Crippen molar-refractivity contribution in [1.29, 1.82) is 0 Å². The molecule has 0 spiro atoms. The van der Waals surface area contributed by atoms with E-state index in [0.29, 0.717) is 16.9 Å². The van der Waals surface area contributed by atoms with Gasteiger partial charge in [-0.15, -0.1) is 0 Å². The van der Waals surface area contributed by atoms with Crippen LogP contribution >= 0.6 is 0 Å². The minimum Gasteiger partial charge on any atom is -0.496 e. The average Bonchev–Trinajstić information content (AvgIpc) is 2.27. The summed E-state index contributed by atoms with van der Waals surface area (Å²) in [5, 5.41) is 2.78. The van der Waals surface area contributed by atoms with Crippen LogP contribution in [0.25, 0.3) is 0 Å². The molecule has 0 aliphatic heterocycles. The number of ether oxygens (including phenoxy) is 1. The molecule has 17 heavy (non-hydrogen) atoms. The van der Waals surface area contributed by atoms with Gasteiger partial charge in [0.1, 0.15) is 11.4 Å². The maximum Gasteiger partial charge on any atom is 0.180 e. The van der Waals surface area contributed by atoms with Crippen LogP contribution in [0.15, 0.2) is 18.2 Å². The summed E-state index contributed by atoms with van der Waals surface area (Å²) >= 11 is 0. The molecule has 0 fully saturated rings. The Morgan fingerprint density at radius 2 is 2.12 bits per heavy atom. The standard InChI is InChI=1S/C13H18FNO2/c1-13(2,14)9-5-6-12(17-4)10(7-9)11(16)8-15-3/h5-7,15H,8H2,1-4H3. The second-order valence-corrected chi connectivity index (χ2v) is 4.34. The Labute approximate surface area is 101 Å². The number of hydrogen-bond donors (Lipinski definition) is 1. The van der Waals surface area contributed by atoms with Gasteiger partial charge in [0.2, 0.25) is 0 Å². The number of halogens is 1. The van der Waals surface area contributed by atoms with E-state index in [-0.39, 0.29) is 12.3 Å². The summed E-state index contributed by atoms with van der Waals surface area (Å²) in [5.41, 5.74) is -0.594. The van der Waals surface area contributed by atoms with E-state index in [9.17, 15) is 9.18 Å². The van der Waals surface area contributed by atoms with Gasteiger partial charge in [-0.1, -0.05) is 6.07 Å². The summed E-state index contributed by atoms with van der Waals surface area (Å²) in [6.45, 7) is 3.12. The Kier molecular flexibility index (Phi) is 4.23. The van der Waals surface area contributed by atoms with Gasteiger partial charge >= 0.3 is 0 Å². The molecule has 4 heteroatoms. The fourth-order valence-corrected chi connectivity index (χ4v) is 1.55. The average molecular weight is 239 g/mol. The quantitative estimate of drug-likeness (QED) is 0.801. The van der Waals surface area contributed by atoms with Crippen molar-refractivity contribution in [2.45, 2.75) is 19.5 Å². The van der Waals surface area contributed by atoms with E-state index in [2.05, 4.69) is 5.32 Å². The van der Waals surface area contributed by atoms with Crippen molar-refractivity contribution in [1.82, 2.24) is 5.32 Å². The summed E-state index contributed by atoms with van der Waals surface area (Å²) in [6, 6.07) is 4.81. The van der Waals surface area contributed by atoms with Crippen molar-refractivity contribution in [2.24, 2.45) is 0 Å². The van der Waals surface area contributed by atoms with Crippen LogP contribution in [-0.2, 0) is 5.67 Å². The number of carbonyl (C=O) groups excluding carboxylic acids is 1. The van der Waals surface area contributed by atoms with Crippen LogP contribution in [0.1, 0.15) is 29.8 Å². The highest BCUT2D eigenvalue weighted by atomic mass is 19.1. The van der Waals surface area contributed by atoms with E-state index in [1.807, 2.05) is 0 Å². The van der Waals surface area contributed by atoms with Crippen molar-refractivity contribution in [3.63, 3.8) is 0 Å². The third kappa shape index (κ3) is 3.27. The number of methoxy groups -OCH3 is 1. The molecule has 1 aromatic carbocycles. The summed E-state index contributed by atoms with van der Waals surface area (Å²) in [4.78, 5) is 11.8. The zero-order chi connectivity index (χ0) is 13.1. The minimum atomic E-state index is -1.47. The molecule has 0 saturated heterocycles. The van der Waals surface area contributed by atoms with Gasteiger partial charge in [0.15, 0.2) is 5.78 Å². The van der Waals surface area contributed by atoms with Crippen LogP contribution < -0.4 is 10.1 Å². The van der Waals surface area contributed by atoms with Crippen molar-refractivity contribution < 1.29 is 13.9 Å². The van der Waals surface area contributed by atoms with E-state index in [0.717, 1.165) is 0 Å². The van der Waals surface area contributed by atoms with Crippen molar-refractivity contribution in [2.75, 3.05) is 20.7 Å². The number of likely N-dealkylation sites (N-methyl/N-ethyl adjacent to an activating group) is 1. The van der Waals surface area contributed by atoms with Gasteiger partial charge in [0.05, 0.1) is 19.2 Å². The largest absolute Gasteiger partial charge is 0.496 e. The SMILES string of the molecule is CNCC(=O)c1cc(C(C)(C)F)ccc1OC. The van der Waals surface area contributed by atoms with E-state index in [1.165, 1.54) is 21.0 Å². The zero-order valence-electron chi connectivity index (χ0n) is 10.6. The third-order valence-corrected chi connectivity index (χ3v) is 2.52. The number of nitrogens with one attached hydrogen (secondary N) is 1. The first-order valence-corrected chi connectivity index (χ1v) is 5.45. The molecule has 0 aliphatic carbocycles. The number of alkyl halides is 1. The monoisotopic (exact) mass is 239 g/mol. The van der Waals surface area contributed by atoms with Crippen LogP contribution in [0, 0.1) is 0 Å². The molecule has 0 aliphatic rings. The van der Waals surface area contributed by atoms with E-state index in [4.69, 9.17) is 4.74 Å². The first kappa shape index (κ1) is 13.6. The van der Waals surface area contributed by atoms with E-state index in [1.54, 1.807) is 25.2 Å². The smallest absolute Gasteiger partial charge is 0.180 e. The Morgan fingerprint density at radius 3 is 2.59 bits per heavy atom. The van der Waals surface area contributed by atoms with Crippen LogP contribution in [0.5, 0.6) is 5.75 Å². The summed E-state index contributed by atoms with van der Waals surface area (Å²) < 4.78 is 18.9. The zero-order valence-corrected chi connectivity index (χ0v) is 10.6. The van der Waals surface area contributed by atoms with Crippen LogP contribution in [0.2, 0.25) is 0 Å². The molecule has 0 aromatic heterocycles. The maximum atomic E-state index is 13.8. The molecule has 1 aromatic rings. The predicted octanol–water partition coefficient (Wildman–Crippen LogP) is 2.30. The molecule has 1 rings (SSSR count). The third-order valence-electron chi connectivity index (χ3n) is 2.52. The molecule has 0 atom stereocenters. The molecular weight excluding hydrogens is 221 g/mol. The van der Waals surface area contributed by atoms with Crippen LogP contribution in [0.3, 0.4) is 0 Å². The second-order valence-electron chi connectivity index (χ2n) is 4.34. The first-order valence-electron chi connectivity index (χ1n) is 5.45. The van der Waals surface area contributed by atoms with Gasteiger partial charge in [-0.2, -0.15) is 0 Å². The lowest BCUT2D eigenvalue weighted by Gasteiger charge is -2.17. The van der Waals surface area contributed by atoms with E-state index >= 15 is 0 Å². The molecule has 0 saturated carbocycles. The summed E-state index contributed by atoms with van der Waals surface area (Å²) in [5.74, 6) is 0.355. The number of rotatable bonds is 5. The Balaban J connectivity index is 3.20. The summed E-state index contributed by atoms with van der Waals surface area (Å²) in [7, 11) is 3.18. The molecule has 0 amide bonds. The fourth-order valence-electron chi connectivity index (χ4n) is 1.55. The number of Topliss-reactive ketones (excluding diaryl/α,β-unsaturated/α-hetero) is 1. The molecule has 0 heterocycles. The van der Waals surface area contributed by atoms with Gasteiger partial charge in [-0.3, -0.25) is 4.79 Å².